The molecule has 9 atom stereocenters. The molecule has 0 bridgehead atoms. The molecular weight excluding hydrogens is 974 g/mol. The van der Waals surface area contributed by atoms with Crippen molar-refractivity contribution in [1.82, 2.24) is 28.7 Å². The van der Waals surface area contributed by atoms with Crippen LogP contribution in [0.25, 0.3) is 0 Å². The summed E-state index contributed by atoms with van der Waals surface area (Å²) in [7, 11) is 6.44. The Morgan fingerprint density at radius 3 is 1.70 bits per heavy atom. The monoisotopic (exact) mass is 1040 g/mol. The summed E-state index contributed by atoms with van der Waals surface area (Å²) in [6.45, 7) is 9.00. The van der Waals surface area contributed by atoms with E-state index in [0.717, 1.165) is 16.7 Å². The van der Waals surface area contributed by atoms with Crippen molar-refractivity contribution in [2.75, 3.05) is 61.8 Å². The van der Waals surface area contributed by atoms with Crippen molar-refractivity contribution in [2.24, 2.45) is 5.92 Å². The van der Waals surface area contributed by atoms with E-state index in [0.29, 0.717) is 24.5 Å². The SMILES string of the molecule is COc1ccc(C(OC[C@H]2O[C@@H](n3ccc(=O)[nH]c3=O)[C@H](OC)[C@@H]2CCN(C)C[C@H]2O[C@@H](n3ccc(=O)[nH]c3=O)[C@H](OC)[C@@H]2OP(OCCC#N)N(C(C)C)C(C)C)(c2ccccc2)c2ccc(OC)cc2)cc1. The van der Waals surface area contributed by atoms with E-state index in [1.165, 1.54) is 40.8 Å². The second kappa shape index (κ2) is 25.6. The molecule has 2 fully saturated rings. The number of aromatic nitrogens is 4. The molecule has 0 radical (unpaired) electrons. The number of benzene rings is 3. The minimum atomic E-state index is -1.79. The van der Waals surface area contributed by atoms with Crippen LogP contribution in [0.3, 0.4) is 0 Å². The van der Waals surface area contributed by atoms with Crippen LogP contribution in [-0.2, 0) is 38.3 Å². The van der Waals surface area contributed by atoms with Crippen LogP contribution >= 0.6 is 8.53 Å². The van der Waals surface area contributed by atoms with Crippen molar-refractivity contribution in [3.63, 3.8) is 0 Å². The van der Waals surface area contributed by atoms with Gasteiger partial charge in [-0.25, -0.2) is 14.3 Å². The Morgan fingerprint density at radius 1 is 0.703 bits per heavy atom. The lowest BCUT2D eigenvalue weighted by atomic mass is 9.79. The maximum absolute atomic E-state index is 13.5. The molecule has 7 rings (SSSR count). The highest BCUT2D eigenvalue weighted by molar-refractivity contribution is 7.44. The Bertz CT molecular complexity index is 2800. The van der Waals surface area contributed by atoms with Crippen molar-refractivity contribution in [2.45, 2.75) is 101 Å². The minimum absolute atomic E-state index is 0.00868. The number of aromatic amines is 2. The number of H-pyrrole nitrogens is 2. The van der Waals surface area contributed by atoms with Gasteiger partial charge >= 0.3 is 11.4 Å². The average Bonchev–Trinajstić information content (AvgIpc) is 3.92. The maximum Gasteiger partial charge on any atom is 0.330 e. The molecule has 2 N–H and O–H groups in total. The summed E-state index contributed by atoms with van der Waals surface area (Å²) in [6.07, 6.45) is -2.34. The van der Waals surface area contributed by atoms with E-state index in [4.69, 9.17) is 42.2 Å². The smallest absolute Gasteiger partial charge is 0.330 e. The van der Waals surface area contributed by atoms with Crippen LogP contribution < -0.4 is 32.0 Å². The average molecular weight is 1040 g/mol. The molecule has 0 aliphatic carbocycles. The Kier molecular flexibility index (Phi) is 19.4. The Labute approximate surface area is 431 Å². The number of ether oxygens (including phenoxy) is 7. The van der Waals surface area contributed by atoms with E-state index < -0.39 is 85.5 Å². The van der Waals surface area contributed by atoms with Gasteiger partial charge in [0.1, 0.15) is 41.5 Å². The van der Waals surface area contributed by atoms with Crippen LogP contribution in [0.5, 0.6) is 11.5 Å². The number of nitrogens with zero attached hydrogens (tertiary/aromatic N) is 5. The normalized spacial score (nSPS) is 22.4. The van der Waals surface area contributed by atoms with Gasteiger partial charge in [0.05, 0.1) is 46.0 Å². The van der Waals surface area contributed by atoms with E-state index in [2.05, 4.69) is 25.6 Å². The van der Waals surface area contributed by atoms with Gasteiger partial charge in [0, 0.05) is 63.3 Å². The van der Waals surface area contributed by atoms with E-state index in [1.807, 2.05) is 114 Å². The summed E-state index contributed by atoms with van der Waals surface area (Å²) in [4.78, 5) is 58.0. The van der Waals surface area contributed by atoms with Gasteiger partial charge in [-0.1, -0.05) is 54.6 Å². The van der Waals surface area contributed by atoms with Crippen molar-refractivity contribution < 1.29 is 42.2 Å². The summed E-state index contributed by atoms with van der Waals surface area (Å²) in [5, 5.41) is 9.42. The number of hydrogen-bond donors (Lipinski definition) is 2. The van der Waals surface area contributed by atoms with E-state index in [-0.39, 0.29) is 38.3 Å². The lowest BCUT2D eigenvalue weighted by Crippen LogP contribution is -2.44. The molecule has 0 saturated carbocycles. The molecule has 0 spiro atoms. The Hall–Kier alpha value is -5.82. The van der Waals surface area contributed by atoms with Crippen molar-refractivity contribution in [3.05, 3.63) is 162 Å². The first-order valence-corrected chi connectivity index (χ1v) is 25.7. The molecular formula is C53H68N7O13P. The molecule has 20 nitrogen and oxygen atoms in total. The number of likely N-dealkylation sites (N-methyl/N-ethyl adjacent to an activating group) is 1. The van der Waals surface area contributed by atoms with E-state index in [1.54, 1.807) is 21.3 Å². The first-order chi connectivity index (χ1) is 35.7. The molecule has 2 aliphatic rings. The standard InChI is InChI=1S/C53H68N7O13P/c1-34(2)60(35(3)4)74(70-31-13-27-54)73-47-42(71-50(48(47)68-9)59-30-26-45(62)56-52(59)64)32-57(5)28-24-41-43(72-49(46(41)67-8)58-29-25-44(61)55-51(58)63)33-69-53(36-14-11-10-12-15-36,37-16-20-39(65-6)21-17-37)38-18-22-40(66-7)23-19-38/h10-12,14-23,25-26,29-30,34-35,41-43,46-50H,13,24,28,31-33H2,1-9H3,(H,55,61,63)(H,56,62,64)/t41-,42-,43-,46-,47-,48-,49-,50-,74?/m1/s1. The van der Waals surface area contributed by atoms with Gasteiger partial charge in [-0.15, -0.1) is 0 Å². The lowest BCUT2D eigenvalue weighted by Gasteiger charge is -2.38. The first kappa shape index (κ1) is 55.9. The highest BCUT2D eigenvalue weighted by Gasteiger charge is 2.51. The number of methoxy groups -OCH3 is 4. The van der Waals surface area contributed by atoms with Crippen molar-refractivity contribution in [3.8, 4) is 17.6 Å². The quantitative estimate of drug-likeness (QED) is 0.0416. The zero-order chi connectivity index (χ0) is 53.1. The van der Waals surface area contributed by atoms with Crippen molar-refractivity contribution in [1.29, 1.82) is 5.26 Å². The highest BCUT2D eigenvalue weighted by Crippen LogP contribution is 2.51. The van der Waals surface area contributed by atoms with E-state index >= 15 is 0 Å². The summed E-state index contributed by atoms with van der Waals surface area (Å²) in [5.74, 6) is 0.931. The second-order valence-electron chi connectivity index (χ2n) is 18.7. The van der Waals surface area contributed by atoms with Crippen LogP contribution in [0.2, 0.25) is 0 Å². The zero-order valence-corrected chi connectivity index (χ0v) is 44.2. The number of nitriles is 1. The molecule has 2 aromatic heterocycles. The summed E-state index contributed by atoms with van der Waals surface area (Å²) < 4.78 is 62.5. The van der Waals surface area contributed by atoms with Crippen LogP contribution in [0.4, 0.5) is 0 Å². The predicted octanol–water partition coefficient (Wildman–Crippen LogP) is 5.54. The number of rotatable bonds is 25. The molecule has 74 heavy (non-hydrogen) atoms. The third kappa shape index (κ3) is 12.5. The van der Waals surface area contributed by atoms with Crippen LogP contribution in [0.15, 0.2) is 123 Å². The number of hydrogen-bond acceptors (Lipinski definition) is 16. The summed E-state index contributed by atoms with van der Waals surface area (Å²) in [5.41, 5.74) is -1.17. The van der Waals surface area contributed by atoms with Gasteiger partial charge < -0.3 is 47.1 Å². The van der Waals surface area contributed by atoms with Crippen molar-refractivity contribution >= 4 is 8.53 Å². The fourth-order valence-electron chi connectivity index (χ4n) is 9.97. The van der Waals surface area contributed by atoms with Gasteiger partial charge in [0.25, 0.3) is 19.6 Å². The summed E-state index contributed by atoms with van der Waals surface area (Å²) >= 11 is 0. The van der Waals surface area contributed by atoms with Crippen LogP contribution in [0, 0.1) is 17.2 Å². The highest BCUT2D eigenvalue weighted by atomic mass is 31.2. The summed E-state index contributed by atoms with van der Waals surface area (Å²) in [6, 6.07) is 29.9. The lowest BCUT2D eigenvalue weighted by molar-refractivity contribution is -0.0932. The molecule has 1 unspecified atom stereocenters. The number of nitrogens with one attached hydrogen (secondary N) is 2. The van der Waals surface area contributed by atoms with Gasteiger partial charge in [-0.05, 0) is 88.7 Å². The van der Waals surface area contributed by atoms with Gasteiger partial charge in [-0.3, -0.25) is 28.7 Å². The van der Waals surface area contributed by atoms with E-state index in [9.17, 15) is 24.4 Å². The Morgan fingerprint density at radius 2 is 1.22 bits per heavy atom. The molecule has 21 heteroatoms. The van der Waals surface area contributed by atoms with Crippen LogP contribution in [-0.4, -0.2) is 133 Å². The predicted molar refractivity (Wildman–Crippen MR) is 276 cm³/mol. The largest absolute Gasteiger partial charge is 0.497 e. The Balaban J connectivity index is 1.23. The molecule has 0 amide bonds. The third-order valence-corrected chi connectivity index (χ3v) is 15.6. The second-order valence-corrected chi connectivity index (χ2v) is 20.1. The van der Waals surface area contributed by atoms with Gasteiger partial charge in [0.2, 0.25) is 0 Å². The maximum atomic E-state index is 13.5. The molecule has 3 aromatic carbocycles. The molecule has 2 aliphatic heterocycles. The van der Waals surface area contributed by atoms with Gasteiger partial charge in [0.15, 0.2) is 12.5 Å². The molecule has 5 aromatic rings. The zero-order valence-electron chi connectivity index (χ0n) is 43.3. The molecule has 398 valence electrons. The third-order valence-electron chi connectivity index (χ3n) is 13.4. The molecule has 2 saturated heterocycles. The fraction of sp³-hybridized carbons (Fsp3) is 0.491. The molecule has 4 heterocycles. The topological polar surface area (TPSA) is 223 Å². The fourth-order valence-corrected chi connectivity index (χ4v) is 11.7. The van der Waals surface area contributed by atoms with Crippen LogP contribution in [0.1, 0.15) is 69.7 Å². The minimum Gasteiger partial charge on any atom is -0.497 e. The first-order valence-electron chi connectivity index (χ1n) is 24.6. The van der Waals surface area contributed by atoms with Gasteiger partial charge in [-0.2, -0.15) is 5.26 Å².